The van der Waals surface area contributed by atoms with Crippen LogP contribution in [-0.4, -0.2) is 23.3 Å². The molecule has 1 atom stereocenters. The average Bonchev–Trinajstić information content (AvgIpc) is 3.27. The van der Waals surface area contributed by atoms with Gasteiger partial charge < -0.3 is 0 Å². The van der Waals surface area contributed by atoms with Gasteiger partial charge in [0.25, 0.3) is 12.1 Å². The summed E-state index contributed by atoms with van der Waals surface area (Å²) in [6.07, 6.45) is 5.61. The highest BCUT2D eigenvalue weighted by Gasteiger charge is 2.19. The Morgan fingerprint density at radius 3 is 2.33 bits per heavy atom. The summed E-state index contributed by atoms with van der Waals surface area (Å²) < 4.78 is 32.6. The van der Waals surface area contributed by atoms with Crippen LogP contribution < -0.4 is 4.57 Å². The van der Waals surface area contributed by atoms with Crippen molar-refractivity contribution in [3.63, 3.8) is 0 Å². The maximum absolute atomic E-state index is 13.1. The fraction of sp³-hybridized carbons (Fsp3) is 0.0417. The van der Waals surface area contributed by atoms with Gasteiger partial charge in [-0.2, -0.15) is 4.57 Å². The zero-order valence-electron chi connectivity index (χ0n) is 17.3. The van der Waals surface area contributed by atoms with Crippen LogP contribution in [0.15, 0.2) is 111 Å². The molecule has 0 saturated heterocycles. The number of nitrogens with zero attached hydrogens (tertiary/aromatic N) is 5. The first-order chi connectivity index (χ1) is 16.0. The molecule has 1 N–H and O–H groups in total. The number of benzene rings is 3. The molecule has 0 saturated carbocycles. The van der Waals surface area contributed by atoms with Gasteiger partial charge in [-0.25, -0.2) is 18.7 Å². The molecule has 2 heterocycles. The molecule has 164 valence electrons. The first kappa shape index (κ1) is 21.4. The first-order valence-electron chi connectivity index (χ1n) is 10.1. The van der Waals surface area contributed by atoms with Crippen molar-refractivity contribution >= 4 is 42.8 Å². The van der Waals surface area contributed by atoms with E-state index in [4.69, 9.17) is 4.98 Å². The topological polar surface area (TPSA) is 84.2 Å². The van der Waals surface area contributed by atoms with E-state index in [0.29, 0.717) is 23.4 Å². The van der Waals surface area contributed by atoms with E-state index in [0.717, 1.165) is 10.0 Å². The van der Waals surface area contributed by atoms with Crippen molar-refractivity contribution in [1.82, 2.24) is 14.5 Å². The number of hydrogen-bond donors (Lipinski definition) is 1. The highest BCUT2D eigenvalue weighted by molar-refractivity contribution is 9.10. The van der Waals surface area contributed by atoms with E-state index >= 15 is 0 Å². The molecule has 2 aromatic heterocycles. The third kappa shape index (κ3) is 4.70. The largest absolute Gasteiger partial charge is 0.296 e. The van der Waals surface area contributed by atoms with E-state index in [1.807, 2.05) is 59.7 Å². The van der Waals surface area contributed by atoms with Gasteiger partial charge in [-0.15, -0.1) is 4.36 Å². The van der Waals surface area contributed by atoms with Gasteiger partial charge in [-0.05, 0) is 42.0 Å². The fourth-order valence-corrected chi connectivity index (χ4v) is 4.62. The molecule has 0 bridgehead atoms. The van der Waals surface area contributed by atoms with Gasteiger partial charge >= 0.3 is 0 Å². The Bertz CT molecular complexity index is 1560. The van der Waals surface area contributed by atoms with Gasteiger partial charge in [0.1, 0.15) is 18.9 Å². The van der Waals surface area contributed by atoms with E-state index < -0.39 is 10.0 Å². The summed E-state index contributed by atoms with van der Waals surface area (Å²) in [4.78, 5) is 9.47. The average molecular weight is 521 g/mol. The van der Waals surface area contributed by atoms with Crippen molar-refractivity contribution in [3.05, 3.63) is 108 Å². The zero-order valence-corrected chi connectivity index (χ0v) is 19.7. The van der Waals surface area contributed by atoms with Crippen LogP contribution in [0.2, 0.25) is 0 Å². The summed E-state index contributed by atoms with van der Waals surface area (Å²) in [5, 5.41) is 0. The summed E-state index contributed by atoms with van der Waals surface area (Å²) in [7, 11) is -3.74. The lowest BCUT2D eigenvalue weighted by atomic mass is 10.2. The normalized spacial score (nSPS) is 13.0. The smallest absolute Gasteiger partial charge is 0.272 e. The van der Waals surface area contributed by atoms with Crippen molar-refractivity contribution in [3.8, 4) is 5.82 Å². The number of rotatable bonds is 5. The summed E-state index contributed by atoms with van der Waals surface area (Å²) in [6.45, 7) is 0.678. The molecule has 0 fully saturated rings. The van der Waals surface area contributed by atoms with E-state index in [-0.39, 0.29) is 10.7 Å². The highest BCUT2D eigenvalue weighted by Crippen LogP contribution is 2.26. The van der Waals surface area contributed by atoms with Crippen molar-refractivity contribution in [1.29, 1.82) is 0 Å². The molecule has 9 heteroatoms. The number of halogens is 1. The van der Waals surface area contributed by atoms with Gasteiger partial charge in [-0.3, -0.25) is 4.55 Å². The third-order valence-electron chi connectivity index (χ3n) is 5.01. The lowest BCUT2D eigenvalue weighted by Gasteiger charge is -2.06. The maximum atomic E-state index is 13.1. The minimum absolute atomic E-state index is 0.0894. The second-order valence-corrected chi connectivity index (χ2v) is 9.94. The fourth-order valence-electron chi connectivity index (χ4n) is 3.40. The van der Waals surface area contributed by atoms with Crippen molar-refractivity contribution in [2.45, 2.75) is 11.4 Å². The molecule has 33 heavy (non-hydrogen) atoms. The summed E-state index contributed by atoms with van der Waals surface area (Å²) in [5.74, 6) is 0.464. The minimum atomic E-state index is -3.74. The summed E-state index contributed by atoms with van der Waals surface area (Å²) >= 11 is 3.34. The van der Waals surface area contributed by atoms with Crippen LogP contribution in [-0.2, 0) is 16.6 Å². The number of fused-ring (bicyclic) bond motifs is 1. The molecule has 0 spiro atoms. The Kier molecular flexibility index (Phi) is 5.76. The number of imidazole rings is 1. The molecular weight excluding hydrogens is 502 g/mol. The van der Waals surface area contributed by atoms with Crippen LogP contribution in [0.4, 0.5) is 5.82 Å². The van der Waals surface area contributed by atoms with Gasteiger partial charge in [0.15, 0.2) is 10.0 Å². The molecule has 5 aromatic rings. The van der Waals surface area contributed by atoms with Crippen LogP contribution in [0, 0.1) is 0 Å². The lowest BCUT2D eigenvalue weighted by molar-refractivity contribution is -0.687. The number of aromatic nitrogens is 4. The Hall–Kier alpha value is -3.40. The van der Waals surface area contributed by atoms with Crippen LogP contribution in [0.3, 0.4) is 0 Å². The highest BCUT2D eigenvalue weighted by atomic mass is 79.9. The SMILES string of the molecule is O=S(O)(=Nc1nc2ccccc2nc1-n1cc[n+](Cc2ccccc2)c1)c1ccc(Br)cc1. The summed E-state index contributed by atoms with van der Waals surface area (Å²) in [5.41, 5.74) is 2.42. The Balaban J connectivity index is 1.62. The van der Waals surface area contributed by atoms with E-state index in [2.05, 4.69) is 37.4 Å². The van der Waals surface area contributed by atoms with E-state index in [1.165, 1.54) is 0 Å². The molecular formula is C24H19BrN5O2S+. The molecule has 3 aromatic carbocycles. The molecule has 0 aliphatic heterocycles. The molecule has 0 aliphatic rings. The third-order valence-corrected chi connectivity index (χ3v) is 6.84. The second-order valence-electron chi connectivity index (χ2n) is 7.38. The monoisotopic (exact) mass is 520 g/mol. The van der Waals surface area contributed by atoms with Gasteiger partial charge in [0, 0.05) is 4.47 Å². The molecule has 7 nitrogen and oxygen atoms in total. The number of para-hydroxylation sites is 2. The number of hydrogen-bond acceptors (Lipinski definition) is 4. The molecule has 0 amide bonds. The van der Waals surface area contributed by atoms with Crippen molar-refractivity contribution in [2.24, 2.45) is 4.36 Å². The quantitative estimate of drug-likeness (QED) is 0.324. The molecule has 1 unspecified atom stereocenters. The van der Waals surface area contributed by atoms with Crippen LogP contribution >= 0.6 is 15.9 Å². The molecule has 0 aliphatic carbocycles. The van der Waals surface area contributed by atoms with Crippen LogP contribution in [0.1, 0.15) is 5.56 Å². The standard InChI is InChI=1S/C24H18BrN5O2S/c25-19-10-12-20(13-11-19)33(31,32)28-23-24(27-22-9-5-4-8-21(22)26-23)30-15-14-29(17-30)16-18-6-2-1-3-7-18/h1-15,17H,16H2/p+1. The van der Waals surface area contributed by atoms with Crippen LogP contribution in [0.25, 0.3) is 16.9 Å². The van der Waals surface area contributed by atoms with Crippen molar-refractivity contribution < 1.29 is 13.3 Å². The van der Waals surface area contributed by atoms with Crippen LogP contribution in [0.5, 0.6) is 0 Å². The Morgan fingerprint density at radius 2 is 1.61 bits per heavy atom. The Morgan fingerprint density at radius 1 is 0.939 bits per heavy atom. The van der Waals surface area contributed by atoms with E-state index in [9.17, 15) is 8.76 Å². The maximum Gasteiger partial charge on any atom is 0.272 e. The first-order valence-corrected chi connectivity index (χ1v) is 12.4. The predicted octanol–water partition coefficient (Wildman–Crippen LogP) is 5.15. The van der Waals surface area contributed by atoms with E-state index in [1.54, 1.807) is 34.9 Å². The second kappa shape index (κ2) is 8.86. The summed E-state index contributed by atoms with van der Waals surface area (Å²) in [6, 6.07) is 24.0. The van der Waals surface area contributed by atoms with Gasteiger partial charge in [-0.1, -0.05) is 58.4 Å². The predicted molar refractivity (Wildman–Crippen MR) is 130 cm³/mol. The Labute approximate surface area is 199 Å². The van der Waals surface area contributed by atoms with Crippen molar-refractivity contribution in [2.75, 3.05) is 0 Å². The van der Waals surface area contributed by atoms with Gasteiger partial charge in [0.2, 0.25) is 5.82 Å². The minimum Gasteiger partial charge on any atom is -0.296 e. The lowest BCUT2D eigenvalue weighted by Crippen LogP contribution is -2.31. The molecule has 0 radical (unpaired) electrons. The van der Waals surface area contributed by atoms with Gasteiger partial charge in [0.05, 0.1) is 15.9 Å². The zero-order chi connectivity index (χ0) is 22.8. The molecule has 5 rings (SSSR count).